The zero-order valence-electron chi connectivity index (χ0n) is 5.32. The normalized spacial score (nSPS) is 12.9. The molecule has 0 heterocycles. The first-order valence-corrected chi connectivity index (χ1v) is 4.29. The Morgan fingerprint density at radius 1 is 1.56 bits per heavy atom. The molecule has 0 N–H and O–H groups in total. The molecule has 0 aromatic heterocycles. The summed E-state index contributed by atoms with van der Waals surface area (Å²) in [5.74, 6) is 0. The maximum atomic E-state index is 5.73. The van der Waals surface area contributed by atoms with Crippen LogP contribution in [0.25, 0.3) is 0 Å². The number of rotatable bonds is 3. The smallest absolute Gasteiger partial charge is 0.0973 e. The van der Waals surface area contributed by atoms with Gasteiger partial charge in [-0.1, -0.05) is 42.3 Å². The van der Waals surface area contributed by atoms with E-state index in [4.69, 9.17) is 23.2 Å². The van der Waals surface area contributed by atoms with Gasteiger partial charge in [0.2, 0.25) is 0 Å². The quantitative estimate of drug-likeness (QED) is 0.356. The fourth-order valence-corrected chi connectivity index (χ4v) is 0.645. The van der Waals surface area contributed by atoms with E-state index in [2.05, 4.69) is 10.2 Å². The van der Waals surface area contributed by atoms with E-state index >= 15 is 0 Å². The Balaban J connectivity index is 3.70. The van der Waals surface area contributed by atoms with Gasteiger partial charge >= 0.3 is 0 Å². The van der Waals surface area contributed by atoms with Crippen LogP contribution in [0.1, 0.15) is 13.3 Å². The monoisotopic (exact) mass is 179 g/mol. The van der Waals surface area contributed by atoms with E-state index in [0.29, 0.717) is 6.04 Å². The van der Waals surface area contributed by atoms with E-state index in [9.17, 15) is 0 Å². The second-order valence-corrected chi connectivity index (χ2v) is 3.64. The fraction of sp³-hybridized carbons (Fsp3) is 0.667. The minimum absolute atomic E-state index is 0.562. The summed E-state index contributed by atoms with van der Waals surface area (Å²) in [6, 6.07) is 0.562. The van der Waals surface area contributed by atoms with Crippen LogP contribution < -0.4 is 0 Å². The van der Waals surface area contributed by atoms with Gasteiger partial charge < -0.3 is 0 Å². The fourth-order valence-electron chi connectivity index (χ4n) is 0.349. The van der Waals surface area contributed by atoms with Crippen LogP contribution in [-0.2, 0) is 0 Å². The summed E-state index contributed by atoms with van der Waals surface area (Å²) < 4.78 is -0.729. The number of hydrogen-bond donors (Lipinski definition) is 0. The Labute approximate surface area is 69.7 Å². The van der Waals surface area contributed by atoms with Crippen molar-refractivity contribution in [1.29, 1.82) is 0 Å². The lowest BCUT2D eigenvalue weighted by Gasteiger charge is -2.09. The Morgan fingerprint density at radius 2 is 2.11 bits per heavy atom. The molecule has 0 aliphatic carbocycles. The van der Waals surface area contributed by atoms with E-state index in [1.54, 1.807) is 6.08 Å². The average Bonchev–Trinajstić information content (AvgIpc) is 1.84. The maximum absolute atomic E-state index is 5.73. The van der Waals surface area contributed by atoms with Gasteiger partial charge in [-0.05, 0) is 12.5 Å². The molecular formula is C6H9Cl2Si. The van der Waals surface area contributed by atoms with Crippen LogP contribution in [0, 0.1) is 0 Å². The molecule has 9 heavy (non-hydrogen) atoms. The zero-order valence-corrected chi connectivity index (χ0v) is 7.84. The first-order valence-electron chi connectivity index (χ1n) is 2.82. The summed E-state index contributed by atoms with van der Waals surface area (Å²) in [5.41, 5.74) is 0. The van der Waals surface area contributed by atoms with Crippen molar-refractivity contribution in [2.45, 2.75) is 23.7 Å². The van der Waals surface area contributed by atoms with Crippen molar-refractivity contribution in [1.82, 2.24) is 0 Å². The molecule has 0 aromatic carbocycles. The molecule has 0 amide bonds. The van der Waals surface area contributed by atoms with Gasteiger partial charge in [0.1, 0.15) is 4.33 Å². The lowest BCUT2D eigenvalue weighted by atomic mass is 10.3. The SMILES string of the molecule is CCC=CC(Cl)(Cl)C[Si]. The van der Waals surface area contributed by atoms with Gasteiger partial charge in [-0.15, -0.1) is 0 Å². The molecular weight excluding hydrogens is 171 g/mol. The van der Waals surface area contributed by atoms with Crippen LogP contribution in [0.3, 0.4) is 0 Å². The van der Waals surface area contributed by atoms with Gasteiger partial charge in [-0.2, -0.15) is 0 Å². The van der Waals surface area contributed by atoms with Crippen molar-refractivity contribution in [2.24, 2.45) is 0 Å². The molecule has 0 unspecified atom stereocenters. The number of allylic oxidation sites excluding steroid dienone is 2. The zero-order chi connectivity index (χ0) is 7.33. The van der Waals surface area contributed by atoms with Gasteiger partial charge in [0.15, 0.2) is 0 Å². The third-order valence-electron chi connectivity index (χ3n) is 0.833. The minimum Gasteiger partial charge on any atom is -0.0973 e. The number of alkyl halides is 2. The molecule has 3 heteroatoms. The van der Waals surface area contributed by atoms with Crippen molar-refractivity contribution in [3.63, 3.8) is 0 Å². The molecule has 0 rings (SSSR count). The Bertz CT molecular complexity index is 99.2. The predicted molar refractivity (Wildman–Crippen MR) is 44.4 cm³/mol. The van der Waals surface area contributed by atoms with Gasteiger partial charge in [0.05, 0.1) is 0 Å². The van der Waals surface area contributed by atoms with Gasteiger partial charge in [-0.3, -0.25) is 0 Å². The van der Waals surface area contributed by atoms with Crippen molar-refractivity contribution in [3.8, 4) is 0 Å². The summed E-state index contributed by atoms with van der Waals surface area (Å²) in [5, 5.41) is 0. The standard InChI is InChI=1S/C6H9Cl2Si/c1-2-3-4-6(7,8)5-9/h3-4H,2,5H2,1H3. The second-order valence-electron chi connectivity index (χ2n) is 1.75. The average molecular weight is 180 g/mol. The van der Waals surface area contributed by atoms with E-state index in [-0.39, 0.29) is 0 Å². The van der Waals surface area contributed by atoms with Crippen LogP contribution >= 0.6 is 23.2 Å². The second kappa shape index (κ2) is 4.37. The summed E-state index contributed by atoms with van der Waals surface area (Å²) in [6.07, 6.45) is 4.69. The number of hydrogen-bond acceptors (Lipinski definition) is 0. The third kappa shape index (κ3) is 5.01. The topological polar surface area (TPSA) is 0 Å². The van der Waals surface area contributed by atoms with Crippen molar-refractivity contribution in [3.05, 3.63) is 12.2 Å². The molecule has 0 bridgehead atoms. The molecule has 3 radical (unpaired) electrons. The summed E-state index contributed by atoms with van der Waals surface area (Å²) in [6.45, 7) is 2.04. The van der Waals surface area contributed by atoms with E-state index in [1.165, 1.54) is 0 Å². The summed E-state index contributed by atoms with van der Waals surface area (Å²) >= 11 is 11.5. The van der Waals surface area contributed by atoms with Gasteiger partial charge in [0.25, 0.3) is 0 Å². The molecule has 0 aliphatic rings. The highest BCUT2D eigenvalue weighted by molar-refractivity contribution is 6.52. The Hall–Kier alpha value is 0.537. The van der Waals surface area contributed by atoms with Crippen molar-refractivity contribution in [2.75, 3.05) is 0 Å². The van der Waals surface area contributed by atoms with Crippen molar-refractivity contribution >= 4 is 33.4 Å². The lowest BCUT2D eigenvalue weighted by molar-refractivity contribution is 1.08. The molecule has 0 spiro atoms. The van der Waals surface area contributed by atoms with Crippen LogP contribution in [0.15, 0.2) is 12.2 Å². The highest BCUT2D eigenvalue weighted by Gasteiger charge is 2.15. The van der Waals surface area contributed by atoms with E-state index < -0.39 is 4.33 Å². The minimum atomic E-state index is -0.729. The first-order chi connectivity index (χ1) is 4.12. The van der Waals surface area contributed by atoms with Gasteiger partial charge in [0, 0.05) is 10.2 Å². The molecule has 0 atom stereocenters. The molecule has 0 nitrogen and oxygen atoms in total. The predicted octanol–water partition coefficient (Wildman–Crippen LogP) is 2.71. The summed E-state index contributed by atoms with van der Waals surface area (Å²) in [4.78, 5) is 0. The molecule has 0 saturated heterocycles. The lowest BCUT2D eigenvalue weighted by Crippen LogP contribution is -2.05. The molecule has 51 valence electrons. The van der Waals surface area contributed by atoms with Crippen LogP contribution in [0.4, 0.5) is 0 Å². The van der Waals surface area contributed by atoms with Crippen LogP contribution in [-0.4, -0.2) is 14.6 Å². The Morgan fingerprint density at radius 3 is 2.44 bits per heavy atom. The van der Waals surface area contributed by atoms with Gasteiger partial charge in [-0.25, -0.2) is 0 Å². The molecule has 0 fully saturated rings. The first kappa shape index (κ1) is 9.54. The highest BCUT2D eigenvalue weighted by atomic mass is 35.5. The maximum Gasteiger partial charge on any atom is 0.133 e. The largest absolute Gasteiger partial charge is 0.133 e. The third-order valence-corrected chi connectivity index (χ3v) is 2.36. The van der Waals surface area contributed by atoms with E-state index in [0.717, 1.165) is 6.42 Å². The van der Waals surface area contributed by atoms with E-state index in [1.807, 2.05) is 13.0 Å². The number of halogens is 2. The van der Waals surface area contributed by atoms with Crippen LogP contribution in [0.2, 0.25) is 6.04 Å². The highest BCUT2D eigenvalue weighted by Crippen LogP contribution is 2.25. The summed E-state index contributed by atoms with van der Waals surface area (Å²) in [7, 11) is 3.23. The molecule has 0 aliphatic heterocycles. The Kier molecular flexibility index (Phi) is 4.63. The molecule has 0 saturated carbocycles. The van der Waals surface area contributed by atoms with Crippen molar-refractivity contribution < 1.29 is 0 Å². The molecule has 0 aromatic rings. The van der Waals surface area contributed by atoms with Crippen LogP contribution in [0.5, 0.6) is 0 Å².